The third-order valence-electron chi connectivity index (χ3n) is 0.0791. The zero-order chi connectivity index (χ0) is 6.83. The van der Waals surface area contributed by atoms with E-state index in [0.717, 1.165) is 0 Å². The maximum atomic E-state index is 8.36. The van der Waals surface area contributed by atoms with E-state index in [4.69, 9.17) is 15.4 Å². The second-order valence-electron chi connectivity index (χ2n) is 0.302. The van der Waals surface area contributed by atoms with Crippen molar-refractivity contribution in [3.63, 3.8) is 0 Å². The summed E-state index contributed by atoms with van der Waals surface area (Å²) in [7, 11) is 0. The molecule has 0 spiro atoms. The fourth-order valence-electron chi connectivity index (χ4n) is 0.0177. The first-order valence-corrected chi connectivity index (χ1v) is 2.64. The van der Waals surface area contributed by atoms with Crippen LogP contribution in [-0.4, -0.2) is 0 Å². The Morgan fingerprint density at radius 1 is 1.50 bits per heavy atom. The normalized spacial score (nSPS) is 5.00. The van der Waals surface area contributed by atoms with E-state index in [9.17, 15) is 0 Å². The Labute approximate surface area is 61.0 Å². The monoisotopic (exact) mass is 201 g/mol. The Kier molecular flexibility index (Phi) is 21.1. The van der Waals surface area contributed by atoms with Crippen LogP contribution in [0, 0.1) is 25.4 Å². The molecule has 8 heavy (non-hydrogen) atoms. The van der Waals surface area contributed by atoms with Crippen molar-refractivity contribution in [2.45, 2.75) is 0 Å². The summed E-state index contributed by atoms with van der Waals surface area (Å²) >= 11 is 3.58. The molecule has 0 aromatic heterocycles. The molecule has 0 atom stereocenters. The summed E-state index contributed by atoms with van der Waals surface area (Å²) in [5.74, 6) is 0. The van der Waals surface area contributed by atoms with E-state index in [1.165, 1.54) is 0 Å². The number of nitriles is 2. The molecular weight excluding hydrogens is 201 g/mol. The molecule has 0 aliphatic rings. The van der Waals surface area contributed by atoms with Crippen LogP contribution in [0.4, 0.5) is 0 Å². The predicted molar refractivity (Wildman–Crippen MR) is 17.0 cm³/mol. The minimum absolute atomic E-state index is 0. The van der Waals surface area contributed by atoms with Gasteiger partial charge in [0.1, 0.15) is 0 Å². The first-order valence-electron chi connectivity index (χ1n) is 1.12. The Morgan fingerprint density at radius 2 is 1.75 bits per heavy atom. The quantitative estimate of drug-likeness (QED) is 0.416. The van der Waals surface area contributed by atoms with Crippen molar-refractivity contribution >= 4 is 0 Å². The maximum absolute atomic E-state index is 8.36. The number of nitrogens with zero attached hydrogens (tertiary/aromatic N) is 3. The summed E-state index contributed by atoms with van der Waals surface area (Å²) in [6, 6.07) is 0. The summed E-state index contributed by atoms with van der Waals surface area (Å²) in [4.78, 5) is 11.7. The van der Waals surface area contributed by atoms with E-state index >= 15 is 0 Å². The van der Waals surface area contributed by atoms with E-state index in [1.54, 1.807) is 9.94 Å². The van der Waals surface area contributed by atoms with Crippen LogP contribution in [0.2, 0.25) is 0 Å². The van der Waals surface area contributed by atoms with E-state index < -0.39 is 0 Å². The van der Waals surface area contributed by atoms with Crippen molar-refractivity contribution in [1.29, 1.82) is 10.5 Å². The molecule has 0 aromatic rings. The predicted octanol–water partition coefficient (Wildman–Crippen LogP) is 0.246. The van der Waals surface area contributed by atoms with Crippen LogP contribution in [-0.2, 0) is 31.2 Å². The molecule has 0 rings (SSSR count). The molecule has 0 aliphatic carbocycles. The van der Waals surface area contributed by atoms with Gasteiger partial charge in [0.15, 0.2) is 0 Å². The first-order chi connectivity index (χ1) is 3.83. The molecule has 48 valence electrons. The van der Waals surface area contributed by atoms with Crippen LogP contribution >= 0.6 is 0 Å². The van der Waals surface area contributed by atoms with Crippen LogP contribution in [0.1, 0.15) is 0 Å². The first kappa shape index (κ1) is 10.6. The fourth-order valence-corrected chi connectivity index (χ4v) is 0.0729. The van der Waals surface area contributed by atoms with Gasteiger partial charge in [0, 0.05) is 0 Å². The van der Waals surface area contributed by atoms with Crippen molar-refractivity contribution in [2.24, 2.45) is 4.19 Å². The van der Waals surface area contributed by atoms with E-state index in [2.05, 4.69) is 16.2 Å². The van der Waals surface area contributed by atoms with Crippen LogP contribution in [0.15, 0.2) is 4.19 Å². The van der Waals surface area contributed by atoms with Crippen molar-refractivity contribution in [3.8, 4) is 9.94 Å². The third-order valence-corrected chi connectivity index (χ3v) is 0.326. The molecular formula is C2CuFeN3O. The summed E-state index contributed by atoms with van der Waals surface area (Å²) in [6.07, 6.45) is 0. The summed E-state index contributed by atoms with van der Waals surface area (Å²) < 4.78 is 1.81. The van der Waals surface area contributed by atoms with E-state index in [0.29, 0.717) is 0 Å². The Bertz CT molecular complexity index is 112. The van der Waals surface area contributed by atoms with Gasteiger partial charge in [-0.2, -0.15) is 0 Å². The van der Waals surface area contributed by atoms with Crippen molar-refractivity contribution in [1.82, 2.24) is 0 Å². The van der Waals surface area contributed by atoms with Crippen LogP contribution in [0.3, 0.4) is 0 Å². The number of rotatable bonds is 0. The fraction of sp³-hybridized carbons (Fsp3) is 0. The summed E-state index contributed by atoms with van der Waals surface area (Å²) in [5.41, 5.74) is 0. The molecule has 0 unspecified atom stereocenters. The van der Waals surface area contributed by atoms with Crippen LogP contribution in [0.25, 0.3) is 0 Å². The molecule has 0 aliphatic heterocycles. The Hall–Kier alpha value is -0.381. The standard InChI is InChI=1S/2CN.Cu.Fe.NO/c2*1-2;;;1-2/q;;+1;;-1. The second-order valence-corrected chi connectivity index (χ2v) is 1.24. The van der Waals surface area contributed by atoms with Crippen LogP contribution in [0.5, 0.6) is 0 Å². The van der Waals surface area contributed by atoms with Crippen molar-refractivity contribution < 1.29 is 31.2 Å². The average Bonchev–Trinajstić information content (AvgIpc) is 1.71. The van der Waals surface area contributed by atoms with E-state index in [1.807, 2.05) is 4.19 Å². The second kappa shape index (κ2) is 16.0. The molecule has 0 aromatic carbocycles. The van der Waals surface area contributed by atoms with Crippen molar-refractivity contribution in [3.05, 3.63) is 4.91 Å². The zero-order valence-corrected chi connectivity index (χ0v) is 5.45. The van der Waals surface area contributed by atoms with Gasteiger partial charge in [-0.05, 0) is 0 Å². The summed E-state index contributed by atoms with van der Waals surface area (Å²) in [5, 5.41) is 15.2. The van der Waals surface area contributed by atoms with Crippen LogP contribution < -0.4 is 0 Å². The molecule has 0 radical (unpaired) electrons. The van der Waals surface area contributed by atoms with Gasteiger partial charge in [-0.3, -0.25) is 0 Å². The summed E-state index contributed by atoms with van der Waals surface area (Å²) in [6.45, 7) is 0. The molecule has 0 saturated heterocycles. The SMILES string of the molecule is N#[C][Fe][C]#N.O=[N][Cu]. The van der Waals surface area contributed by atoms with Gasteiger partial charge in [-0.15, -0.1) is 0 Å². The molecule has 0 fully saturated rings. The topological polar surface area (TPSA) is 77.0 Å². The van der Waals surface area contributed by atoms with Gasteiger partial charge >= 0.3 is 60.7 Å². The number of hydrogen-bond donors (Lipinski definition) is 0. The van der Waals surface area contributed by atoms with Gasteiger partial charge in [-0.25, -0.2) is 0 Å². The molecule has 6 heteroatoms. The molecule has 0 N–H and O–H groups in total. The van der Waals surface area contributed by atoms with Gasteiger partial charge in [-0.1, -0.05) is 0 Å². The zero-order valence-electron chi connectivity index (χ0n) is 3.40. The third kappa shape index (κ3) is 45.7. The van der Waals surface area contributed by atoms with Gasteiger partial charge in [0.25, 0.3) is 0 Å². The molecule has 0 saturated carbocycles. The number of nitroso groups, excluding NO2 is 1. The van der Waals surface area contributed by atoms with Gasteiger partial charge in [0.05, 0.1) is 0 Å². The van der Waals surface area contributed by atoms with Gasteiger partial charge < -0.3 is 0 Å². The molecule has 0 amide bonds. The number of hydrogen-bond acceptors (Lipinski definition) is 4. The van der Waals surface area contributed by atoms with Gasteiger partial charge in [0.2, 0.25) is 0 Å². The van der Waals surface area contributed by atoms with E-state index in [-0.39, 0.29) is 15.0 Å². The average molecular weight is 201 g/mol. The van der Waals surface area contributed by atoms with Crippen molar-refractivity contribution in [2.75, 3.05) is 0 Å². The molecule has 0 heterocycles. The Balaban J connectivity index is 0. The Morgan fingerprint density at radius 3 is 1.75 bits per heavy atom. The molecule has 4 nitrogen and oxygen atoms in total. The minimum atomic E-state index is 0. The molecule has 0 bridgehead atoms.